The van der Waals surface area contributed by atoms with Crippen molar-refractivity contribution in [1.29, 1.82) is 10.5 Å². The lowest BCUT2D eigenvalue weighted by atomic mass is 10.2. The molecule has 0 amide bonds. The van der Waals surface area contributed by atoms with Crippen molar-refractivity contribution in [2.24, 2.45) is 0 Å². The van der Waals surface area contributed by atoms with Gasteiger partial charge in [-0.3, -0.25) is 0 Å². The van der Waals surface area contributed by atoms with E-state index in [1.54, 1.807) is 13.8 Å². The molecule has 1 aromatic carbocycles. The highest BCUT2D eigenvalue weighted by Gasteiger charge is 2.26. The van der Waals surface area contributed by atoms with Gasteiger partial charge in [0.2, 0.25) is 10.0 Å². The molecular formula is C13H15N3O2S. The molecule has 0 atom stereocenters. The van der Waals surface area contributed by atoms with Gasteiger partial charge in [0.25, 0.3) is 0 Å². The van der Waals surface area contributed by atoms with Crippen molar-refractivity contribution in [2.75, 3.05) is 6.54 Å². The SMILES string of the molecule is CC(C)N(CCC#N)S(=O)(=O)c1ccc(C#N)cc1. The molecule has 0 saturated heterocycles. The van der Waals surface area contributed by atoms with Crippen LogP contribution in [0.5, 0.6) is 0 Å². The Labute approximate surface area is 113 Å². The van der Waals surface area contributed by atoms with Gasteiger partial charge in [-0.25, -0.2) is 8.42 Å². The van der Waals surface area contributed by atoms with Crippen molar-refractivity contribution >= 4 is 10.0 Å². The van der Waals surface area contributed by atoms with Gasteiger partial charge in [0.1, 0.15) is 0 Å². The van der Waals surface area contributed by atoms with Crippen molar-refractivity contribution < 1.29 is 8.42 Å². The number of nitrogens with zero attached hydrogens (tertiary/aromatic N) is 3. The van der Waals surface area contributed by atoms with Crippen molar-refractivity contribution in [3.8, 4) is 12.1 Å². The predicted octanol–water partition coefficient (Wildman–Crippen LogP) is 1.87. The van der Waals surface area contributed by atoms with E-state index in [9.17, 15) is 8.42 Å². The Kier molecular flexibility index (Phi) is 5.05. The summed E-state index contributed by atoms with van der Waals surface area (Å²) in [5, 5.41) is 17.3. The molecule has 100 valence electrons. The number of hydrogen-bond donors (Lipinski definition) is 0. The summed E-state index contributed by atoms with van der Waals surface area (Å²) in [6.45, 7) is 3.69. The molecule has 6 heteroatoms. The predicted molar refractivity (Wildman–Crippen MR) is 70.4 cm³/mol. The van der Waals surface area contributed by atoms with E-state index in [0.29, 0.717) is 5.56 Å². The van der Waals surface area contributed by atoms with E-state index in [0.717, 1.165) is 0 Å². The number of hydrogen-bond acceptors (Lipinski definition) is 4. The van der Waals surface area contributed by atoms with Crippen molar-refractivity contribution in [3.05, 3.63) is 29.8 Å². The minimum atomic E-state index is -3.62. The van der Waals surface area contributed by atoms with Gasteiger partial charge in [-0.05, 0) is 38.1 Å². The second kappa shape index (κ2) is 6.33. The molecule has 1 rings (SSSR count). The van der Waals surface area contributed by atoms with Crippen LogP contribution in [0.4, 0.5) is 0 Å². The van der Waals surface area contributed by atoms with Crippen LogP contribution in [0.25, 0.3) is 0 Å². The normalized spacial score (nSPS) is 11.3. The van der Waals surface area contributed by atoms with Crippen molar-refractivity contribution in [2.45, 2.75) is 31.2 Å². The summed E-state index contributed by atoms with van der Waals surface area (Å²) in [5.41, 5.74) is 0.409. The molecule has 0 spiro atoms. The van der Waals surface area contributed by atoms with Crippen LogP contribution in [-0.4, -0.2) is 25.3 Å². The van der Waals surface area contributed by atoms with Crippen LogP contribution in [0, 0.1) is 22.7 Å². The zero-order valence-electron chi connectivity index (χ0n) is 10.9. The van der Waals surface area contributed by atoms with E-state index in [2.05, 4.69) is 0 Å². The summed E-state index contributed by atoms with van der Waals surface area (Å²) in [4.78, 5) is 0.137. The first kappa shape index (κ1) is 15.2. The Morgan fingerprint density at radius 3 is 2.21 bits per heavy atom. The average molecular weight is 277 g/mol. The summed E-state index contributed by atoms with van der Waals surface area (Å²) in [5.74, 6) is 0. The van der Waals surface area contributed by atoms with Crippen LogP contribution in [0.3, 0.4) is 0 Å². The lowest BCUT2D eigenvalue weighted by molar-refractivity contribution is 0.360. The number of sulfonamides is 1. The van der Waals surface area contributed by atoms with E-state index in [-0.39, 0.29) is 23.9 Å². The highest BCUT2D eigenvalue weighted by Crippen LogP contribution is 2.19. The maximum absolute atomic E-state index is 12.4. The van der Waals surface area contributed by atoms with Gasteiger partial charge in [-0.1, -0.05) is 0 Å². The molecule has 0 unspecified atom stereocenters. The van der Waals surface area contributed by atoms with Crippen LogP contribution < -0.4 is 0 Å². The van der Waals surface area contributed by atoms with Gasteiger partial charge in [-0.2, -0.15) is 14.8 Å². The van der Waals surface area contributed by atoms with Crippen LogP contribution in [0.15, 0.2) is 29.2 Å². The number of nitriles is 2. The monoisotopic (exact) mass is 277 g/mol. The molecular weight excluding hydrogens is 262 g/mol. The molecule has 0 heterocycles. The van der Waals surface area contributed by atoms with Gasteiger partial charge >= 0.3 is 0 Å². The second-order valence-electron chi connectivity index (χ2n) is 4.25. The summed E-state index contributed by atoms with van der Waals surface area (Å²) in [6, 6.07) is 9.42. The highest BCUT2D eigenvalue weighted by atomic mass is 32.2. The van der Waals surface area contributed by atoms with Crippen LogP contribution in [0.1, 0.15) is 25.8 Å². The lowest BCUT2D eigenvalue weighted by Crippen LogP contribution is -2.37. The molecule has 19 heavy (non-hydrogen) atoms. The molecule has 0 saturated carbocycles. The molecule has 0 N–H and O–H groups in total. The minimum absolute atomic E-state index is 0.137. The Morgan fingerprint density at radius 1 is 1.21 bits per heavy atom. The summed E-state index contributed by atoms with van der Waals surface area (Å²) >= 11 is 0. The standard InChI is InChI=1S/C13H15N3O2S/c1-11(2)16(9-3-8-14)19(17,18)13-6-4-12(10-15)5-7-13/h4-7,11H,3,9H2,1-2H3. The third-order valence-corrected chi connectivity index (χ3v) is 4.70. The topological polar surface area (TPSA) is 85.0 Å². The van der Waals surface area contributed by atoms with Crippen LogP contribution in [0.2, 0.25) is 0 Å². The Balaban J connectivity index is 3.12. The minimum Gasteiger partial charge on any atom is -0.207 e. The first-order valence-electron chi connectivity index (χ1n) is 5.82. The first-order valence-corrected chi connectivity index (χ1v) is 7.26. The third kappa shape index (κ3) is 3.54. The molecule has 1 aromatic rings. The van der Waals surface area contributed by atoms with Gasteiger partial charge in [0.15, 0.2) is 0 Å². The highest BCUT2D eigenvalue weighted by molar-refractivity contribution is 7.89. The maximum atomic E-state index is 12.4. The quantitative estimate of drug-likeness (QED) is 0.822. The van der Waals surface area contributed by atoms with Crippen molar-refractivity contribution in [3.63, 3.8) is 0 Å². The summed E-state index contributed by atoms with van der Waals surface area (Å²) < 4.78 is 26.1. The lowest BCUT2D eigenvalue weighted by Gasteiger charge is -2.24. The van der Waals surface area contributed by atoms with E-state index < -0.39 is 10.0 Å². The largest absolute Gasteiger partial charge is 0.243 e. The average Bonchev–Trinajstić information content (AvgIpc) is 2.38. The van der Waals surface area contributed by atoms with Crippen molar-refractivity contribution in [1.82, 2.24) is 4.31 Å². The Morgan fingerprint density at radius 2 is 1.79 bits per heavy atom. The molecule has 0 fully saturated rings. The molecule has 0 aromatic heterocycles. The molecule has 0 aliphatic carbocycles. The molecule has 5 nitrogen and oxygen atoms in total. The van der Waals surface area contributed by atoms with E-state index in [1.807, 2.05) is 12.1 Å². The van der Waals surface area contributed by atoms with Gasteiger partial charge in [0.05, 0.1) is 22.6 Å². The Hall–Kier alpha value is -1.89. The zero-order chi connectivity index (χ0) is 14.5. The van der Waals surface area contributed by atoms with Gasteiger partial charge < -0.3 is 0 Å². The van der Waals surface area contributed by atoms with Gasteiger partial charge in [0, 0.05) is 19.0 Å². The van der Waals surface area contributed by atoms with Gasteiger partial charge in [-0.15, -0.1) is 0 Å². The second-order valence-corrected chi connectivity index (χ2v) is 6.14. The van der Waals surface area contributed by atoms with Crippen LogP contribution >= 0.6 is 0 Å². The maximum Gasteiger partial charge on any atom is 0.243 e. The number of benzene rings is 1. The van der Waals surface area contributed by atoms with E-state index in [4.69, 9.17) is 10.5 Å². The first-order chi connectivity index (χ1) is 8.93. The zero-order valence-corrected chi connectivity index (χ0v) is 11.7. The molecule has 0 bridgehead atoms. The Bertz CT molecular complexity index is 607. The van der Waals surface area contributed by atoms with Crippen LogP contribution in [-0.2, 0) is 10.0 Å². The molecule has 0 aliphatic heterocycles. The fourth-order valence-electron chi connectivity index (χ4n) is 1.65. The third-order valence-electron chi connectivity index (χ3n) is 2.61. The van der Waals surface area contributed by atoms with E-state index >= 15 is 0 Å². The fraction of sp³-hybridized carbons (Fsp3) is 0.385. The molecule has 0 aliphatic rings. The fourth-order valence-corrected chi connectivity index (χ4v) is 3.29. The summed E-state index contributed by atoms with van der Waals surface area (Å²) in [7, 11) is -3.62. The smallest absolute Gasteiger partial charge is 0.207 e. The molecule has 0 radical (unpaired) electrons. The number of rotatable bonds is 5. The summed E-state index contributed by atoms with van der Waals surface area (Å²) in [6.07, 6.45) is 0.147. The van der Waals surface area contributed by atoms with E-state index in [1.165, 1.54) is 28.6 Å².